The molecule has 66 valence electrons. The summed E-state index contributed by atoms with van der Waals surface area (Å²) < 4.78 is 0. The van der Waals surface area contributed by atoms with Crippen LogP contribution in [0.2, 0.25) is 0 Å². The van der Waals surface area contributed by atoms with Crippen LogP contribution in [-0.4, -0.2) is 0 Å². The van der Waals surface area contributed by atoms with Gasteiger partial charge in [-0.3, -0.25) is 0 Å². The Labute approximate surface area is 73.6 Å². The Bertz CT molecular complexity index is 290. The van der Waals surface area contributed by atoms with Gasteiger partial charge < -0.3 is 11.5 Å². The Hall–Kier alpha value is -1.18. The van der Waals surface area contributed by atoms with Crippen molar-refractivity contribution in [1.82, 2.24) is 0 Å². The summed E-state index contributed by atoms with van der Waals surface area (Å²) in [6, 6.07) is 3.86. The summed E-state index contributed by atoms with van der Waals surface area (Å²) in [7, 11) is 0. The summed E-state index contributed by atoms with van der Waals surface area (Å²) in [5, 5.41) is 0. The molecule has 0 spiro atoms. The Balaban J connectivity index is 3.28. The second-order valence-corrected chi connectivity index (χ2v) is 3.50. The molecule has 0 aliphatic heterocycles. The molecule has 1 aromatic rings. The molecule has 0 bridgehead atoms. The van der Waals surface area contributed by atoms with E-state index in [1.165, 1.54) is 0 Å². The molecule has 4 N–H and O–H groups in total. The standard InChI is InChI=1S/C10H16N2/c1-6(2)9-5-8(11)4-7(3)10(9)12/h4-6H,11-12H2,1-3H3. The fourth-order valence-corrected chi connectivity index (χ4v) is 1.33. The summed E-state index contributed by atoms with van der Waals surface area (Å²) in [5.41, 5.74) is 15.5. The predicted molar refractivity (Wildman–Crippen MR) is 54.1 cm³/mol. The van der Waals surface area contributed by atoms with Crippen LogP contribution in [0.3, 0.4) is 0 Å². The van der Waals surface area contributed by atoms with Gasteiger partial charge in [-0.2, -0.15) is 0 Å². The van der Waals surface area contributed by atoms with Crippen molar-refractivity contribution in [2.75, 3.05) is 11.5 Å². The number of benzene rings is 1. The van der Waals surface area contributed by atoms with E-state index in [0.29, 0.717) is 5.92 Å². The van der Waals surface area contributed by atoms with Crippen molar-refractivity contribution in [2.45, 2.75) is 26.7 Å². The first-order valence-corrected chi connectivity index (χ1v) is 4.18. The highest BCUT2D eigenvalue weighted by Gasteiger charge is 2.06. The lowest BCUT2D eigenvalue weighted by Crippen LogP contribution is -2.01. The number of anilines is 2. The SMILES string of the molecule is Cc1cc(N)cc(C(C)C)c1N. The first-order valence-electron chi connectivity index (χ1n) is 4.18. The first-order chi connectivity index (χ1) is 5.52. The second kappa shape index (κ2) is 3.05. The Kier molecular flexibility index (Phi) is 2.27. The van der Waals surface area contributed by atoms with E-state index in [4.69, 9.17) is 11.5 Å². The fourth-order valence-electron chi connectivity index (χ4n) is 1.33. The first kappa shape index (κ1) is 8.91. The summed E-state index contributed by atoms with van der Waals surface area (Å²) in [6.07, 6.45) is 0. The van der Waals surface area contributed by atoms with Crippen LogP contribution in [0.15, 0.2) is 12.1 Å². The monoisotopic (exact) mass is 164 g/mol. The second-order valence-electron chi connectivity index (χ2n) is 3.50. The Morgan fingerprint density at radius 3 is 2.25 bits per heavy atom. The van der Waals surface area contributed by atoms with Crippen LogP contribution >= 0.6 is 0 Å². The van der Waals surface area contributed by atoms with Gasteiger partial charge in [0.25, 0.3) is 0 Å². The summed E-state index contributed by atoms with van der Waals surface area (Å²) in [5.74, 6) is 0.437. The molecule has 0 unspecified atom stereocenters. The van der Waals surface area contributed by atoms with Crippen molar-refractivity contribution in [3.8, 4) is 0 Å². The van der Waals surface area contributed by atoms with E-state index in [2.05, 4.69) is 13.8 Å². The molecule has 1 aromatic carbocycles. The highest BCUT2D eigenvalue weighted by atomic mass is 14.6. The molecule has 0 aromatic heterocycles. The number of nitrogens with two attached hydrogens (primary N) is 2. The lowest BCUT2D eigenvalue weighted by atomic mass is 9.98. The molecule has 0 aliphatic carbocycles. The van der Waals surface area contributed by atoms with Gasteiger partial charge in [0, 0.05) is 11.4 Å². The Morgan fingerprint density at radius 2 is 1.75 bits per heavy atom. The van der Waals surface area contributed by atoms with Gasteiger partial charge in [-0.1, -0.05) is 13.8 Å². The number of aryl methyl sites for hydroxylation is 1. The molecule has 0 fully saturated rings. The lowest BCUT2D eigenvalue weighted by Gasteiger charge is -2.12. The third-order valence-electron chi connectivity index (χ3n) is 2.06. The maximum absolute atomic E-state index is 5.90. The van der Waals surface area contributed by atoms with Gasteiger partial charge in [-0.05, 0) is 36.1 Å². The van der Waals surface area contributed by atoms with Crippen LogP contribution in [0.1, 0.15) is 30.9 Å². The smallest absolute Gasteiger partial charge is 0.0380 e. The number of hydrogen-bond donors (Lipinski definition) is 2. The number of nitrogen functional groups attached to an aromatic ring is 2. The minimum atomic E-state index is 0.437. The van der Waals surface area contributed by atoms with Gasteiger partial charge in [-0.15, -0.1) is 0 Å². The maximum Gasteiger partial charge on any atom is 0.0380 e. The van der Waals surface area contributed by atoms with Crippen molar-refractivity contribution in [1.29, 1.82) is 0 Å². The Morgan fingerprint density at radius 1 is 1.17 bits per heavy atom. The van der Waals surface area contributed by atoms with Gasteiger partial charge >= 0.3 is 0 Å². The van der Waals surface area contributed by atoms with E-state index in [0.717, 1.165) is 22.5 Å². The topological polar surface area (TPSA) is 52.0 Å². The van der Waals surface area contributed by atoms with Crippen LogP contribution in [-0.2, 0) is 0 Å². The van der Waals surface area contributed by atoms with Gasteiger partial charge in [0.1, 0.15) is 0 Å². The van der Waals surface area contributed by atoms with Crippen molar-refractivity contribution >= 4 is 11.4 Å². The van der Waals surface area contributed by atoms with Gasteiger partial charge in [-0.25, -0.2) is 0 Å². The zero-order valence-corrected chi connectivity index (χ0v) is 7.89. The molecular weight excluding hydrogens is 148 g/mol. The van der Waals surface area contributed by atoms with Gasteiger partial charge in [0.2, 0.25) is 0 Å². The molecule has 0 aliphatic rings. The van der Waals surface area contributed by atoms with Crippen LogP contribution in [0.25, 0.3) is 0 Å². The summed E-state index contributed by atoms with van der Waals surface area (Å²) in [6.45, 7) is 6.22. The minimum absolute atomic E-state index is 0.437. The van der Waals surface area contributed by atoms with E-state index < -0.39 is 0 Å². The van der Waals surface area contributed by atoms with Crippen molar-refractivity contribution in [2.24, 2.45) is 0 Å². The van der Waals surface area contributed by atoms with E-state index >= 15 is 0 Å². The number of hydrogen-bond acceptors (Lipinski definition) is 2. The van der Waals surface area contributed by atoms with E-state index in [1.807, 2.05) is 19.1 Å². The molecule has 0 heterocycles. The normalized spacial score (nSPS) is 10.7. The lowest BCUT2D eigenvalue weighted by molar-refractivity contribution is 0.869. The van der Waals surface area contributed by atoms with E-state index in [1.54, 1.807) is 0 Å². The van der Waals surface area contributed by atoms with E-state index in [-0.39, 0.29) is 0 Å². The summed E-state index contributed by atoms with van der Waals surface area (Å²) >= 11 is 0. The van der Waals surface area contributed by atoms with Gasteiger partial charge in [0.05, 0.1) is 0 Å². The molecule has 0 saturated carbocycles. The van der Waals surface area contributed by atoms with Crippen LogP contribution < -0.4 is 11.5 Å². The van der Waals surface area contributed by atoms with Crippen molar-refractivity contribution < 1.29 is 0 Å². The molecule has 0 radical (unpaired) electrons. The van der Waals surface area contributed by atoms with Crippen LogP contribution in [0, 0.1) is 6.92 Å². The third kappa shape index (κ3) is 1.52. The molecule has 0 atom stereocenters. The largest absolute Gasteiger partial charge is 0.399 e. The summed E-state index contributed by atoms with van der Waals surface area (Å²) in [4.78, 5) is 0. The minimum Gasteiger partial charge on any atom is -0.399 e. The van der Waals surface area contributed by atoms with Crippen LogP contribution in [0.5, 0.6) is 0 Å². The predicted octanol–water partition coefficient (Wildman–Crippen LogP) is 2.28. The number of rotatable bonds is 1. The highest BCUT2D eigenvalue weighted by Crippen LogP contribution is 2.27. The van der Waals surface area contributed by atoms with E-state index in [9.17, 15) is 0 Å². The zero-order chi connectivity index (χ0) is 9.30. The molecule has 0 saturated heterocycles. The van der Waals surface area contributed by atoms with Gasteiger partial charge in [0.15, 0.2) is 0 Å². The highest BCUT2D eigenvalue weighted by molar-refractivity contribution is 5.61. The third-order valence-corrected chi connectivity index (χ3v) is 2.06. The molecule has 12 heavy (non-hydrogen) atoms. The molecule has 2 heteroatoms. The maximum atomic E-state index is 5.90. The molecular formula is C10H16N2. The van der Waals surface area contributed by atoms with Crippen molar-refractivity contribution in [3.05, 3.63) is 23.3 Å². The zero-order valence-electron chi connectivity index (χ0n) is 7.89. The average molecular weight is 164 g/mol. The average Bonchev–Trinajstić information content (AvgIpc) is 1.96. The fraction of sp³-hybridized carbons (Fsp3) is 0.400. The van der Waals surface area contributed by atoms with Crippen LogP contribution in [0.4, 0.5) is 11.4 Å². The molecule has 2 nitrogen and oxygen atoms in total. The molecule has 1 rings (SSSR count). The van der Waals surface area contributed by atoms with Crippen molar-refractivity contribution in [3.63, 3.8) is 0 Å². The quantitative estimate of drug-likeness (QED) is 0.626. The molecule has 0 amide bonds.